The Morgan fingerprint density at radius 3 is 1.79 bits per heavy atom. The van der Waals surface area contributed by atoms with Crippen LogP contribution in [0.1, 0.15) is 16.7 Å². The van der Waals surface area contributed by atoms with Crippen molar-refractivity contribution in [2.24, 2.45) is 0 Å². The van der Waals surface area contributed by atoms with Crippen molar-refractivity contribution in [2.75, 3.05) is 11.4 Å². The van der Waals surface area contributed by atoms with Gasteiger partial charge in [-0.1, -0.05) is 18.2 Å². The van der Waals surface area contributed by atoms with Crippen LogP contribution in [-0.2, 0) is 18.9 Å². The van der Waals surface area contributed by atoms with E-state index in [1.54, 1.807) is 0 Å². The van der Waals surface area contributed by atoms with Gasteiger partial charge in [0.25, 0.3) is 0 Å². The Morgan fingerprint density at radius 2 is 1.28 bits per heavy atom. The van der Waals surface area contributed by atoms with E-state index in [0.29, 0.717) is 18.2 Å². The summed E-state index contributed by atoms with van der Waals surface area (Å²) in [6.07, 6.45) is -17.5. The molecule has 2 aromatic rings. The van der Waals surface area contributed by atoms with Gasteiger partial charge in [-0.15, -0.1) is 0 Å². The second kappa shape index (κ2) is 8.13. The maximum atomic E-state index is 12.9. The Labute approximate surface area is 159 Å². The van der Waals surface area contributed by atoms with E-state index in [0.717, 1.165) is 29.2 Å². The normalized spacial score (nSPS) is 14.0. The van der Waals surface area contributed by atoms with E-state index in [1.807, 2.05) is 0 Å². The van der Waals surface area contributed by atoms with E-state index >= 15 is 0 Å². The smallest absolute Gasteiger partial charge is 0.382 e. The number of hydrogen-bond acceptors (Lipinski definition) is 2. The molecule has 0 fully saturated rings. The van der Waals surface area contributed by atoms with E-state index < -0.39 is 48.8 Å². The van der Waals surface area contributed by atoms with Gasteiger partial charge in [0, 0.05) is 12.2 Å². The molecule has 0 aliphatic carbocycles. The maximum absolute atomic E-state index is 12.9. The molecule has 1 N–H and O–H groups in total. The number of hydrogen-bond donors (Lipinski definition) is 1. The molecule has 0 spiro atoms. The van der Waals surface area contributed by atoms with E-state index in [-0.39, 0.29) is 11.3 Å². The first-order valence-electron chi connectivity index (χ1n) is 8.01. The molecule has 11 heteroatoms. The van der Waals surface area contributed by atoms with Crippen molar-refractivity contribution in [1.82, 2.24) is 0 Å². The molecule has 2 rings (SSSR count). The number of aliphatic hydroxyl groups excluding tert-OH is 1. The van der Waals surface area contributed by atoms with Crippen LogP contribution in [0.2, 0.25) is 0 Å². The number of rotatable bonds is 5. The first-order valence-corrected chi connectivity index (χ1v) is 8.01. The van der Waals surface area contributed by atoms with Crippen molar-refractivity contribution in [3.8, 4) is 0 Å². The molecule has 0 saturated heterocycles. The van der Waals surface area contributed by atoms with Gasteiger partial charge in [0.1, 0.15) is 0 Å². The Balaban J connectivity index is 2.41. The van der Waals surface area contributed by atoms with Gasteiger partial charge in [-0.3, -0.25) is 0 Å². The van der Waals surface area contributed by atoms with E-state index in [2.05, 4.69) is 0 Å². The van der Waals surface area contributed by atoms with Crippen molar-refractivity contribution >= 4 is 5.69 Å². The third kappa shape index (κ3) is 6.28. The van der Waals surface area contributed by atoms with E-state index in [1.165, 1.54) is 6.07 Å². The van der Waals surface area contributed by atoms with Crippen LogP contribution in [-0.4, -0.2) is 23.9 Å². The molecule has 0 bridgehead atoms. The van der Waals surface area contributed by atoms with Crippen molar-refractivity contribution in [1.29, 1.82) is 0 Å². The van der Waals surface area contributed by atoms with Gasteiger partial charge in [0.2, 0.25) is 0 Å². The lowest BCUT2D eigenvalue weighted by Gasteiger charge is -2.29. The number of alkyl halides is 9. The van der Waals surface area contributed by atoms with Crippen LogP contribution in [0.25, 0.3) is 0 Å². The Morgan fingerprint density at radius 1 is 0.759 bits per heavy atom. The number of nitrogens with zero attached hydrogens (tertiary/aromatic N) is 1. The molecule has 2 aromatic carbocycles. The summed E-state index contributed by atoms with van der Waals surface area (Å²) >= 11 is 0. The molecule has 0 aliphatic rings. The summed E-state index contributed by atoms with van der Waals surface area (Å²) in [5.74, 6) is 0. The van der Waals surface area contributed by atoms with Crippen molar-refractivity contribution in [2.45, 2.75) is 31.2 Å². The third-order valence-electron chi connectivity index (χ3n) is 3.94. The van der Waals surface area contributed by atoms with Gasteiger partial charge in [-0.05, 0) is 35.9 Å². The molecule has 0 saturated carbocycles. The van der Waals surface area contributed by atoms with Gasteiger partial charge >= 0.3 is 18.5 Å². The molecule has 2 nitrogen and oxygen atoms in total. The van der Waals surface area contributed by atoms with Gasteiger partial charge in [-0.25, -0.2) is 0 Å². The third-order valence-corrected chi connectivity index (χ3v) is 3.94. The standard InChI is InChI=1S/C18H14F9NO/c19-16(20,21)12-4-1-3-11(7-12)9-28(10-15(29)18(25,26)27)14-6-2-5-13(8-14)17(22,23)24/h1-8,15,29H,9-10H2. The maximum Gasteiger partial charge on any atom is 0.416 e. The van der Waals surface area contributed by atoms with E-state index in [4.69, 9.17) is 0 Å². The molecule has 29 heavy (non-hydrogen) atoms. The van der Waals surface area contributed by atoms with Gasteiger partial charge < -0.3 is 10.0 Å². The first-order chi connectivity index (χ1) is 13.2. The predicted octanol–water partition coefficient (Wildman–Crippen LogP) is 5.65. The predicted molar refractivity (Wildman–Crippen MR) is 86.0 cm³/mol. The summed E-state index contributed by atoms with van der Waals surface area (Å²) < 4.78 is 116. The molecule has 1 unspecified atom stereocenters. The Bertz CT molecular complexity index is 827. The zero-order chi connectivity index (χ0) is 22.0. The van der Waals surface area contributed by atoms with Gasteiger partial charge in [0.15, 0.2) is 6.10 Å². The van der Waals surface area contributed by atoms with Gasteiger partial charge in [-0.2, -0.15) is 39.5 Å². The average Bonchev–Trinajstić information content (AvgIpc) is 2.59. The fraction of sp³-hybridized carbons (Fsp3) is 0.333. The highest BCUT2D eigenvalue weighted by Gasteiger charge is 2.40. The number of halogens is 9. The quantitative estimate of drug-likeness (QED) is 0.619. The summed E-state index contributed by atoms with van der Waals surface area (Å²) in [7, 11) is 0. The summed E-state index contributed by atoms with van der Waals surface area (Å²) in [4.78, 5) is 0.739. The fourth-order valence-electron chi connectivity index (χ4n) is 2.52. The van der Waals surface area contributed by atoms with Crippen molar-refractivity contribution < 1.29 is 44.6 Å². The second-order valence-electron chi connectivity index (χ2n) is 6.18. The first kappa shape index (κ1) is 22.9. The van der Waals surface area contributed by atoms with Crippen molar-refractivity contribution in [3.05, 3.63) is 65.2 Å². The fourth-order valence-corrected chi connectivity index (χ4v) is 2.52. The van der Waals surface area contributed by atoms with Crippen LogP contribution in [0.3, 0.4) is 0 Å². The second-order valence-corrected chi connectivity index (χ2v) is 6.18. The summed E-state index contributed by atoms with van der Waals surface area (Å²) in [6, 6.07) is 6.95. The van der Waals surface area contributed by atoms with Crippen LogP contribution in [0.4, 0.5) is 45.2 Å². The highest BCUT2D eigenvalue weighted by atomic mass is 19.4. The molecular weight excluding hydrogens is 417 g/mol. The Hall–Kier alpha value is -2.43. The molecular formula is C18H14F9NO. The monoisotopic (exact) mass is 431 g/mol. The minimum absolute atomic E-state index is 0.0911. The number of aliphatic hydroxyl groups is 1. The zero-order valence-corrected chi connectivity index (χ0v) is 14.4. The zero-order valence-electron chi connectivity index (χ0n) is 14.4. The van der Waals surface area contributed by atoms with Crippen LogP contribution in [0.15, 0.2) is 48.5 Å². The summed E-state index contributed by atoms with van der Waals surface area (Å²) in [5, 5.41) is 9.34. The lowest BCUT2D eigenvalue weighted by molar-refractivity contribution is -0.200. The SMILES string of the molecule is OC(CN(Cc1cccc(C(F)(F)F)c1)c1cccc(C(F)(F)F)c1)C(F)(F)F. The summed E-state index contributed by atoms with van der Waals surface area (Å²) in [6.45, 7) is -1.75. The minimum atomic E-state index is -5.06. The molecule has 0 aliphatic heterocycles. The highest BCUT2D eigenvalue weighted by Crippen LogP contribution is 2.34. The molecule has 0 radical (unpaired) electrons. The van der Waals surface area contributed by atoms with Crippen LogP contribution >= 0.6 is 0 Å². The Kier molecular flexibility index (Phi) is 6.41. The van der Waals surface area contributed by atoms with Crippen LogP contribution in [0.5, 0.6) is 0 Å². The molecule has 160 valence electrons. The average molecular weight is 431 g/mol. The highest BCUT2D eigenvalue weighted by molar-refractivity contribution is 5.50. The minimum Gasteiger partial charge on any atom is -0.382 e. The largest absolute Gasteiger partial charge is 0.416 e. The van der Waals surface area contributed by atoms with Crippen LogP contribution < -0.4 is 4.90 Å². The summed E-state index contributed by atoms with van der Waals surface area (Å²) in [5.41, 5.74) is -2.63. The van der Waals surface area contributed by atoms with Crippen molar-refractivity contribution in [3.63, 3.8) is 0 Å². The van der Waals surface area contributed by atoms with E-state index in [9.17, 15) is 44.6 Å². The molecule has 0 amide bonds. The number of benzene rings is 2. The lowest BCUT2D eigenvalue weighted by atomic mass is 10.1. The van der Waals surface area contributed by atoms with Gasteiger partial charge in [0.05, 0.1) is 17.7 Å². The molecule has 1 atom stereocenters. The number of anilines is 1. The van der Waals surface area contributed by atoms with Crippen LogP contribution in [0, 0.1) is 0 Å². The topological polar surface area (TPSA) is 23.5 Å². The molecule has 0 aromatic heterocycles. The lowest BCUT2D eigenvalue weighted by Crippen LogP contribution is -2.41. The molecule has 0 heterocycles.